The Morgan fingerprint density at radius 2 is 1.56 bits per heavy atom. The van der Waals surface area contributed by atoms with Crippen LogP contribution in [0.5, 0.6) is 5.75 Å². The molecule has 20 nitrogen and oxygen atoms in total. The van der Waals surface area contributed by atoms with Crippen LogP contribution < -0.4 is 19.7 Å². The topological polar surface area (TPSA) is 238 Å². The molecule has 1 N–H and O–H groups in total. The smallest absolute Gasteiger partial charge is 0.460 e. The molecule has 97 heavy (non-hydrogen) atoms. The zero-order chi connectivity index (χ0) is 71.3. The number of fused-ring (bicyclic) bond motifs is 5. The number of amides is 2. The first-order valence-corrected chi connectivity index (χ1v) is 34.0. The number of esters is 1. The molecule has 0 bridgehead atoms. The van der Waals surface area contributed by atoms with E-state index in [0.29, 0.717) is 26.9 Å². The molecule has 1 saturated carbocycles. The van der Waals surface area contributed by atoms with E-state index in [4.69, 9.17) is 34.9 Å². The van der Waals surface area contributed by atoms with Crippen LogP contribution in [-0.4, -0.2) is 84.4 Å². The molecule has 8 aromatic rings. The predicted molar refractivity (Wildman–Crippen MR) is 339 cm³/mol. The molecular weight excluding hydrogens is 1350 g/mol. The number of nitrogens with zero attached hydrogens (tertiary/aromatic N) is 8. The number of sulfonamides is 1. The van der Waals surface area contributed by atoms with Gasteiger partial charge in [-0.2, -0.15) is 36.5 Å². The van der Waals surface area contributed by atoms with Crippen LogP contribution in [0, 0.1) is 24.5 Å². The van der Waals surface area contributed by atoms with Crippen LogP contribution in [-0.2, 0) is 86.7 Å². The summed E-state index contributed by atoms with van der Waals surface area (Å²) in [7, 11) is -8.13. The number of anilines is 1. The van der Waals surface area contributed by atoms with Gasteiger partial charge in [0.25, 0.3) is 17.9 Å². The number of benzene rings is 4. The molecule has 0 saturated heterocycles. The van der Waals surface area contributed by atoms with Crippen LogP contribution in [0.2, 0.25) is 5.02 Å². The standard InChI is InChI=1S/C65H66ClF9N9O11PS/c1-31(2)93-96(89,94-32(3)4)95-47-21-33(5)20-36(26-51(87)92-62(6,7)8)54(47)63(9,10)29-50(86)84(97(12,90)91)60-53-42(66)18-19-46(56(53)81(11)80-60)83-59(78-44-25-35(16-17-39(44)61(83)88)43-14-13-15-48(76-43)65(73,74)75)45(24-34-22-37(67)27-38(68)23-34)77-49(85)30-82-57-52(55(79-82)58(69)70)40-28-41(40)64(57,71)72/h13-23,25,27,31-32,40-41,45,58H,24,26,28-30H2,1-12H3,(H,77,85)/t40-,41+,45-/m0/s1. The summed E-state index contributed by atoms with van der Waals surface area (Å²) < 4.78 is 203. The van der Waals surface area contributed by atoms with Crippen molar-refractivity contribution in [2.45, 2.75) is 155 Å². The monoisotopic (exact) mass is 1420 g/mol. The van der Waals surface area contributed by atoms with Gasteiger partial charge in [0.15, 0.2) is 5.82 Å². The van der Waals surface area contributed by atoms with Crippen molar-refractivity contribution in [1.29, 1.82) is 0 Å². The third-order valence-electron chi connectivity index (χ3n) is 15.8. The predicted octanol–water partition coefficient (Wildman–Crippen LogP) is 13.9. The Morgan fingerprint density at radius 3 is 2.16 bits per heavy atom. The molecule has 0 aliphatic heterocycles. The Morgan fingerprint density at radius 1 is 0.897 bits per heavy atom. The van der Waals surface area contributed by atoms with Gasteiger partial charge in [-0.1, -0.05) is 43.6 Å². The Kier molecular flexibility index (Phi) is 19.1. The van der Waals surface area contributed by atoms with Crippen LogP contribution >= 0.6 is 19.4 Å². The van der Waals surface area contributed by atoms with E-state index in [1.807, 2.05) is 0 Å². The number of alkyl halides is 7. The van der Waals surface area contributed by atoms with E-state index >= 15 is 27.2 Å². The maximum absolute atomic E-state index is 15.9. The number of hydrogen-bond acceptors (Lipinski definition) is 15. The van der Waals surface area contributed by atoms with E-state index in [0.717, 1.165) is 33.5 Å². The van der Waals surface area contributed by atoms with E-state index in [9.17, 15) is 44.5 Å². The number of phosphoric acid groups is 1. The quantitative estimate of drug-likeness (QED) is 0.0377. The first-order valence-electron chi connectivity index (χ1n) is 30.3. The minimum Gasteiger partial charge on any atom is -0.460 e. The van der Waals surface area contributed by atoms with Crippen LogP contribution in [0.15, 0.2) is 83.7 Å². The lowest BCUT2D eigenvalue weighted by Crippen LogP contribution is -2.40. The summed E-state index contributed by atoms with van der Waals surface area (Å²) in [5.74, 6) is -12.8. The molecule has 2 aliphatic rings. The van der Waals surface area contributed by atoms with Gasteiger partial charge in [0.2, 0.25) is 21.8 Å². The Bertz CT molecular complexity index is 4710. The van der Waals surface area contributed by atoms with E-state index in [1.54, 1.807) is 61.5 Å². The van der Waals surface area contributed by atoms with Gasteiger partial charge in [0, 0.05) is 54.0 Å². The SMILES string of the molecule is Cc1cc(CC(=O)OC(C)(C)C)c(C(C)(C)CC(=O)N(c2nn(C)c3c(-n4c([C@H](Cc5cc(F)cc(F)c5)NC(=O)Cn5nc(C(F)F)c6c5C(F)(F)[C@@H]5C[C@H]65)nc5cc(-c6cccc(C(F)(F)F)n6)ccc5c4=O)ccc(Cl)c23)S(C)(=O)=O)c(OP(=O)(OC(C)C)OC(C)C)c1. The molecule has 10 rings (SSSR count). The highest BCUT2D eigenvalue weighted by Crippen LogP contribution is 2.68. The van der Waals surface area contributed by atoms with Gasteiger partial charge in [-0.15, -0.1) is 0 Å². The number of rotatable bonds is 22. The molecule has 0 radical (unpaired) electrons. The summed E-state index contributed by atoms with van der Waals surface area (Å²) in [6.07, 6.45) is -11.1. The maximum atomic E-state index is 15.9. The number of carbonyl (C=O) groups is 3. The number of carbonyl (C=O) groups excluding carboxylic acids is 3. The summed E-state index contributed by atoms with van der Waals surface area (Å²) >= 11 is 7.06. The molecule has 1 fully saturated rings. The summed E-state index contributed by atoms with van der Waals surface area (Å²) in [6, 6.07) is 12.5. The van der Waals surface area contributed by atoms with Crippen molar-refractivity contribution in [3.8, 4) is 22.7 Å². The summed E-state index contributed by atoms with van der Waals surface area (Å²) in [6.45, 7) is 14.8. The Balaban J connectivity index is 1.16. The number of hydrogen-bond donors (Lipinski definition) is 1. The number of aryl methyl sites for hydroxylation is 2. The first kappa shape index (κ1) is 71.6. The maximum Gasteiger partial charge on any atom is 0.530 e. The molecule has 32 heteroatoms. The van der Waals surface area contributed by atoms with E-state index in [1.165, 1.54) is 63.4 Å². The molecule has 4 aromatic heterocycles. The van der Waals surface area contributed by atoms with E-state index in [2.05, 4.69) is 20.5 Å². The zero-order valence-electron chi connectivity index (χ0n) is 54.2. The fourth-order valence-corrected chi connectivity index (χ4v) is 15.1. The Labute approximate surface area is 555 Å². The zero-order valence-corrected chi connectivity index (χ0v) is 56.7. The minimum atomic E-state index is -4.91. The third kappa shape index (κ3) is 14.8. The number of aromatic nitrogens is 7. The van der Waals surface area contributed by atoms with Gasteiger partial charge in [0.1, 0.15) is 52.4 Å². The third-order valence-corrected chi connectivity index (χ3v) is 19.0. The number of phosphoric ester groups is 1. The summed E-state index contributed by atoms with van der Waals surface area (Å²) in [5, 5.41) is 9.93. The highest BCUT2D eigenvalue weighted by molar-refractivity contribution is 7.92. The van der Waals surface area contributed by atoms with Gasteiger partial charge in [-0.25, -0.2) is 40.5 Å². The Hall–Kier alpha value is -8.18. The van der Waals surface area contributed by atoms with Crippen LogP contribution in [0.4, 0.5) is 45.3 Å². The van der Waals surface area contributed by atoms with Crippen molar-refractivity contribution in [3.63, 3.8) is 0 Å². The summed E-state index contributed by atoms with van der Waals surface area (Å²) in [5.41, 5.74) is -7.82. The van der Waals surface area contributed by atoms with Crippen LogP contribution in [0.3, 0.4) is 0 Å². The second-order valence-corrected chi connectivity index (χ2v) is 29.9. The normalized spacial score (nSPS) is 15.9. The van der Waals surface area contributed by atoms with Gasteiger partial charge in [-0.05, 0) is 139 Å². The minimum absolute atomic E-state index is 0.0344. The van der Waals surface area contributed by atoms with Crippen molar-refractivity contribution >= 4 is 74.9 Å². The number of pyridine rings is 1. The summed E-state index contributed by atoms with van der Waals surface area (Å²) in [4.78, 5) is 68.1. The number of nitrogens with one attached hydrogen (secondary N) is 1. The second kappa shape index (κ2) is 25.9. The van der Waals surface area contributed by atoms with Gasteiger partial charge in [0.05, 0.1) is 69.1 Å². The largest absolute Gasteiger partial charge is 0.530 e. The second-order valence-electron chi connectivity index (χ2n) is 26.2. The molecule has 0 spiro atoms. The lowest BCUT2D eigenvalue weighted by molar-refractivity contribution is -0.154. The van der Waals surface area contributed by atoms with Crippen molar-refractivity contribution in [2.75, 3.05) is 10.6 Å². The molecule has 0 unspecified atom stereocenters. The average Bonchev–Trinajstić information content (AvgIpc) is 1.53. The first-order chi connectivity index (χ1) is 44.9. The van der Waals surface area contributed by atoms with Crippen molar-refractivity contribution in [2.24, 2.45) is 13.0 Å². The van der Waals surface area contributed by atoms with Crippen molar-refractivity contribution < 1.29 is 85.2 Å². The molecule has 3 atom stereocenters. The van der Waals surface area contributed by atoms with E-state index in [-0.39, 0.29) is 72.6 Å². The molecule has 4 aromatic carbocycles. The fraction of sp³-hybridized carbons (Fsp3) is 0.415. The highest BCUT2D eigenvalue weighted by atomic mass is 35.5. The van der Waals surface area contributed by atoms with Crippen LogP contribution in [0.1, 0.15) is 144 Å². The van der Waals surface area contributed by atoms with Crippen molar-refractivity contribution in [1.82, 2.24) is 39.4 Å². The fourth-order valence-electron chi connectivity index (χ4n) is 12.4. The van der Waals surface area contributed by atoms with Gasteiger partial charge in [-0.3, -0.25) is 42.2 Å². The molecule has 2 aliphatic carbocycles. The molecule has 4 heterocycles. The lowest BCUT2D eigenvalue weighted by atomic mass is 9.77. The molecule has 2 amide bonds. The highest BCUT2D eigenvalue weighted by Gasteiger charge is 2.67. The lowest BCUT2D eigenvalue weighted by Gasteiger charge is -2.33. The number of ether oxygens (including phenoxy) is 1. The van der Waals surface area contributed by atoms with Crippen LogP contribution in [0.25, 0.3) is 38.8 Å². The number of halogens is 10. The van der Waals surface area contributed by atoms with Gasteiger partial charge < -0.3 is 14.6 Å². The molecular formula is C65H66ClF9N9O11PS. The van der Waals surface area contributed by atoms with E-state index < -0.39 is 173 Å². The molecule has 518 valence electrons. The van der Waals surface area contributed by atoms with Crippen molar-refractivity contribution in [3.05, 3.63) is 157 Å². The average molecular weight is 1420 g/mol. The van der Waals surface area contributed by atoms with Gasteiger partial charge >= 0.3 is 20.0 Å².